The van der Waals surface area contributed by atoms with Gasteiger partial charge < -0.3 is 14.7 Å². The van der Waals surface area contributed by atoms with E-state index < -0.39 is 23.1 Å². The normalized spacial score (nSPS) is 28.5. The molecule has 1 aromatic rings. The lowest BCUT2D eigenvalue weighted by molar-refractivity contribution is -0.159. The molecule has 0 aromatic carbocycles. The maximum absolute atomic E-state index is 12.8. The number of ether oxygens (including phenoxy) is 1. The zero-order chi connectivity index (χ0) is 16.0. The number of hydrogen-bond donors (Lipinski definition) is 1. The van der Waals surface area contributed by atoms with Crippen LogP contribution in [-0.2, 0) is 15.7 Å². The van der Waals surface area contributed by atoms with E-state index in [-0.39, 0.29) is 24.9 Å². The average molecular weight is 316 g/mol. The van der Waals surface area contributed by atoms with Crippen molar-refractivity contribution >= 4 is 11.8 Å². The molecular weight excluding hydrogens is 301 g/mol. The summed E-state index contributed by atoms with van der Waals surface area (Å²) in [5.41, 5.74) is -1.85. The van der Waals surface area contributed by atoms with Crippen LogP contribution in [0.2, 0.25) is 0 Å². The number of hydrogen-bond acceptors (Lipinski definition) is 4. The molecule has 2 atom stereocenters. The van der Waals surface area contributed by atoms with Gasteiger partial charge in [-0.05, 0) is 24.5 Å². The molecule has 120 valence electrons. The molecule has 5 nitrogen and oxygen atoms in total. The van der Waals surface area contributed by atoms with Crippen LogP contribution in [0.25, 0.3) is 0 Å². The number of anilines is 1. The number of aromatic nitrogens is 1. The first-order valence-electron chi connectivity index (χ1n) is 6.92. The number of carbonyl (C=O) groups is 1. The first-order chi connectivity index (χ1) is 10.3. The fraction of sp³-hybridized carbons (Fsp3) is 0.571. The summed E-state index contributed by atoms with van der Waals surface area (Å²) in [7, 11) is 0. The van der Waals surface area contributed by atoms with E-state index in [2.05, 4.69) is 4.98 Å². The fourth-order valence-electron chi connectivity index (χ4n) is 3.23. The SMILES string of the molecule is O=C(O)[C@]12COCC[C@H]1CN(c1cc(C(F)(F)F)ccn1)C2. The Kier molecular flexibility index (Phi) is 3.51. The molecular formula is C14H15F3N2O3. The number of alkyl halides is 3. The van der Waals surface area contributed by atoms with E-state index in [4.69, 9.17) is 4.74 Å². The lowest BCUT2D eigenvalue weighted by atomic mass is 9.76. The molecule has 8 heteroatoms. The van der Waals surface area contributed by atoms with Gasteiger partial charge in [-0.3, -0.25) is 4.79 Å². The van der Waals surface area contributed by atoms with Gasteiger partial charge in [-0.2, -0.15) is 13.2 Å². The van der Waals surface area contributed by atoms with Crippen LogP contribution in [0.5, 0.6) is 0 Å². The summed E-state index contributed by atoms with van der Waals surface area (Å²) in [4.78, 5) is 17.2. The van der Waals surface area contributed by atoms with Crippen molar-refractivity contribution < 1.29 is 27.8 Å². The molecule has 2 aliphatic rings. The summed E-state index contributed by atoms with van der Waals surface area (Å²) in [5.74, 6) is -0.952. The van der Waals surface area contributed by atoms with Gasteiger partial charge in [0.15, 0.2) is 0 Å². The first-order valence-corrected chi connectivity index (χ1v) is 6.92. The lowest BCUT2D eigenvalue weighted by Crippen LogP contribution is -2.46. The first kappa shape index (κ1) is 15.1. The van der Waals surface area contributed by atoms with Gasteiger partial charge >= 0.3 is 12.1 Å². The highest BCUT2D eigenvalue weighted by molar-refractivity contribution is 5.77. The molecule has 1 N–H and O–H groups in total. The maximum Gasteiger partial charge on any atom is 0.416 e. The Morgan fingerprint density at radius 3 is 2.91 bits per heavy atom. The van der Waals surface area contributed by atoms with Crippen molar-refractivity contribution in [1.82, 2.24) is 4.98 Å². The Morgan fingerprint density at radius 2 is 2.27 bits per heavy atom. The Balaban J connectivity index is 1.90. The van der Waals surface area contributed by atoms with Crippen LogP contribution in [0.4, 0.5) is 19.0 Å². The molecule has 0 aliphatic carbocycles. The zero-order valence-electron chi connectivity index (χ0n) is 11.6. The quantitative estimate of drug-likeness (QED) is 0.904. The second-order valence-corrected chi connectivity index (χ2v) is 5.78. The van der Waals surface area contributed by atoms with E-state index in [1.165, 1.54) is 0 Å². The summed E-state index contributed by atoms with van der Waals surface area (Å²) in [5, 5.41) is 9.54. The predicted molar refractivity (Wildman–Crippen MR) is 70.4 cm³/mol. The van der Waals surface area contributed by atoms with Crippen molar-refractivity contribution in [2.24, 2.45) is 11.3 Å². The highest BCUT2D eigenvalue weighted by Gasteiger charge is 2.54. The lowest BCUT2D eigenvalue weighted by Gasteiger charge is -2.33. The van der Waals surface area contributed by atoms with Gasteiger partial charge in [0.05, 0.1) is 12.2 Å². The fourth-order valence-corrected chi connectivity index (χ4v) is 3.23. The van der Waals surface area contributed by atoms with Gasteiger partial charge in [0.1, 0.15) is 11.2 Å². The molecule has 0 bridgehead atoms. The number of pyridine rings is 1. The molecule has 0 spiro atoms. The Labute approximate surface area is 124 Å². The molecule has 0 saturated carbocycles. The van der Waals surface area contributed by atoms with Gasteiger partial charge in [0.2, 0.25) is 0 Å². The van der Waals surface area contributed by atoms with Crippen molar-refractivity contribution in [2.45, 2.75) is 12.6 Å². The van der Waals surface area contributed by atoms with Gasteiger partial charge in [-0.15, -0.1) is 0 Å². The maximum atomic E-state index is 12.8. The van der Waals surface area contributed by atoms with Gasteiger partial charge in [-0.25, -0.2) is 4.98 Å². The van der Waals surface area contributed by atoms with Crippen molar-refractivity contribution in [1.29, 1.82) is 0 Å². The summed E-state index contributed by atoms with van der Waals surface area (Å²) in [6.07, 6.45) is -2.76. The molecule has 0 amide bonds. The van der Waals surface area contributed by atoms with Crippen LogP contribution in [0, 0.1) is 11.3 Å². The Morgan fingerprint density at radius 1 is 1.50 bits per heavy atom. The number of carboxylic acids is 1. The Hall–Kier alpha value is -1.83. The third-order valence-corrected chi connectivity index (χ3v) is 4.49. The average Bonchev–Trinajstić information content (AvgIpc) is 2.87. The van der Waals surface area contributed by atoms with E-state index in [0.717, 1.165) is 18.3 Å². The predicted octanol–water partition coefficient (Wildman–Crippen LogP) is 2.03. The third-order valence-electron chi connectivity index (χ3n) is 4.49. The highest BCUT2D eigenvalue weighted by atomic mass is 19.4. The minimum Gasteiger partial charge on any atom is -0.481 e. The van der Waals surface area contributed by atoms with E-state index >= 15 is 0 Å². The molecule has 0 radical (unpaired) electrons. The van der Waals surface area contributed by atoms with Crippen molar-refractivity contribution in [2.75, 3.05) is 31.2 Å². The number of rotatable bonds is 2. The van der Waals surface area contributed by atoms with Crippen molar-refractivity contribution in [3.8, 4) is 0 Å². The molecule has 1 aromatic heterocycles. The zero-order valence-corrected chi connectivity index (χ0v) is 11.6. The molecule has 2 aliphatic heterocycles. The van der Waals surface area contributed by atoms with E-state index in [9.17, 15) is 23.1 Å². The standard InChI is InChI=1S/C14H15F3N2O3/c15-14(16,17)9-1-3-18-11(5-9)19-6-10-2-4-22-8-13(10,7-19)12(20)21/h1,3,5,10H,2,4,6-8H2,(H,20,21)/t10-,13+/m0/s1. The van der Waals surface area contributed by atoms with Gasteiger partial charge in [0, 0.05) is 25.9 Å². The van der Waals surface area contributed by atoms with Crippen LogP contribution in [0.3, 0.4) is 0 Å². The molecule has 0 unspecified atom stereocenters. The molecule has 22 heavy (non-hydrogen) atoms. The van der Waals surface area contributed by atoms with Gasteiger partial charge in [-0.1, -0.05) is 0 Å². The smallest absolute Gasteiger partial charge is 0.416 e. The molecule has 2 saturated heterocycles. The van der Waals surface area contributed by atoms with Crippen LogP contribution in [0.15, 0.2) is 18.3 Å². The topological polar surface area (TPSA) is 62.7 Å². The van der Waals surface area contributed by atoms with Crippen molar-refractivity contribution in [3.05, 3.63) is 23.9 Å². The van der Waals surface area contributed by atoms with E-state index in [1.807, 2.05) is 0 Å². The largest absolute Gasteiger partial charge is 0.481 e. The number of aliphatic carboxylic acids is 1. The van der Waals surface area contributed by atoms with Crippen molar-refractivity contribution in [3.63, 3.8) is 0 Å². The second-order valence-electron chi connectivity index (χ2n) is 5.78. The highest BCUT2D eigenvalue weighted by Crippen LogP contribution is 2.43. The minimum absolute atomic E-state index is 0.0858. The molecule has 3 heterocycles. The third kappa shape index (κ3) is 2.41. The minimum atomic E-state index is -4.45. The van der Waals surface area contributed by atoms with Gasteiger partial charge in [0.25, 0.3) is 0 Å². The van der Waals surface area contributed by atoms with Crippen LogP contribution in [0.1, 0.15) is 12.0 Å². The number of nitrogens with zero attached hydrogens (tertiary/aromatic N) is 2. The number of carboxylic acid groups (broad SMARTS) is 1. The number of fused-ring (bicyclic) bond motifs is 1. The molecule has 3 rings (SSSR count). The second kappa shape index (κ2) is 5.12. The van der Waals surface area contributed by atoms with Crippen LogP contribution in [-0.4, -0.2) is 42.4 Å². The van der Waals surface area contributed by atoms with Crippen LogP contribution >= 0.6 is 0 Å². The molecule has 2 fully saturated rings. The summed E-state index contributed by atoms with van der Waals surface area (Å²) < 4.78 is 43.7. The summed E-state index contributed by atoms with van der Waals surface area (Å²) in [6.45, 7) is 1.05. The van der Waals surface area contributed by atoms with E-state index in [0.29, 0.717) is 19.6 Å². The summed E-state index contributed by atoms with van der Waals surface area (Å²) >= 11 is 0. The summed E-state index contributed by atoms with van der Waals surface area (Å²) in [6, 6.07) is 1.87. The van der Waals surface area contributed by atoms with E-state index in [1.54, 1.807) is 4.90 Å². The monoisotopic (exact) mass is 316 g/mol. The number of halogens is 3. The van der Waals surface area contributed by atoms with Crippen LogP contribution < -0.4 is 4.90 Å². The Bertz CT molecular complexity index is 593.